The summed E-state index contributed by atoms with van der Waals surface area (Å²) in [5.74, 6) is -1.04. The quantitative estimate of drug-likeness (QED) is 0.899. The van der Waals surface area contributed by atoms with Gasteiger partial charge in [-0.3, -0.25) is 4.68 Å². The lowest BCUT2D eigenvalue weighted by Crippen LogP contribution is -2.22. The monoisotopic (exact) mass is 312 g/mol. The second-order valence-corrected chi connectivity index (χ2v) is 6.28. The van der Waals surface area contributed by atoms with Crippen LogP contribution in [0.25, 0.3) is 11.3 Å². The van der Waals surface area contributed by atoms with Crippen molar-refractivity contribution in [3.63, 3.8) is 0 Å². The molecule has 0 unspecified atom stereocenters. The summed E-state index contributed by atoms with van der Waals surface area (Å²) >= 11 is 12.0. The average molecular weight is 313 g/mol. The molecule has 0 amide bonds. The highest BCUT2D eigenvalue weighted by Crippen LogP contribution is 2.32. The van der Waals surface area contributed by atoms with E-state index in [1.54, 1.807) is 22.9 Å². The highest BCUT2D eigenvalue weighted by Gasteiger charge is 2.23. The second-order valence-electron chi connectivity index (χ2n) is 5.44. The Kier molecular flexibility index (Phi) is 3.80. The summed E-state index contributed by atoms with van der Waals surface area (Å²) in [5, 5.41) is 14.6. The van der Waals surface area contributed by atoms with E-state index in [1.165, 1.54) is 6.20 Å². The molecule has 0 atom stereocenters. The van der Waals surface area contributed by atoms with Crippen molar-refractivity contribution in [2.75, 3.05) is 0 Å². The van der Waals surface area contributed by atoms with E-state index in [-0.39, 0.29) is 11.1 Å². The van der Waals surface area contributed by atoms with Crippen molar-refractivity contribution in [3.05, 3.63) is 40.0 Å². The minimum Gasteiger partial charge on any atom is -0.478 e. The van der Waals surface area contributed by atoms with E-state index in [1.807, 2.05) is 20.8 Å². The number of carbonyl (C=O) groups is 1. The molecule has 1 heterocycles. The van der Waals surface area contributed by atoms with E-state index in [0.29, 0.717) is 21.3 Å². The van der Waals surface area contributed by atoms with Gasteiger partial charge in [0, 0.05) is 16.8 Å². The molecular weight excluding hydrogens is 299 g/mol. The van der Waals surface area contributed by atoms with E-state index >= 15 is 0 Å². The number of carboxylic acid groups (broad SMARTS) is 1. The van der Waals surface area contributed by atoms with Crippen molar-refractivity contribution in [2.45, 2.75) is 26.3 Å². The molecule has 0 bridgehead atoms. The van der Waals surface area contributed by atoms with Gasteiger partial charge < -0.3 is 5.11 Å². The molecule has 2 aromatic rings. The van der Waals surface area contributed by atoms with Crippen LogP contribution >= 0.6 is 23.2 Å². The van der Waals surface area contributed by atoms with Gasteiger partial charge in [0.05, 0.1) is 10.6 Å². The molecule has 0 saturated carbocycles. The molecule has 106 valence electrons. The van der Waals surface area contributed by atoms with Gasteiger partial charge in [-0.1, -0.05) is 23.2 Å². The number of hydrogen-bond acceptors (Lipinski definition) is 2. The summed E-state index contributed by atoms with van der Waals surface area (Å²) in [6.07, 6.45) is 1.52. The van der Waals surface area contributed by atoms with Gasteiger partial charge in [-0.25, -0.2) is 4.79 Å². The minimum atomic E-state index is -1.04. The molecule has 4 nitrogen and oxygen atoms in total. The zero-order valence-corrected chi connectivity index (χ0v) is 12.8. The molecule has 0 aliphatic carbocycles. The Morgan fingerprint density at radius 1 is 1.30 bits per heavy atom. The van der Waals surface area contributed by atoms with Gasteiger partial charge in [0.2, 0.25) is 0 Å². The molecule has 1 aromatic carbocycles. The molecule has 20 heavy (non-hydrogen) atoms. The first-order valence-electron chi connectivity index (χ1n) is 5.99. The third kappa shape index (κ3) is 2.81. The number of hydrogen-bond donors (Lipinski definition) is 1. The normalized spacial score (nSPS) is 11.7. The van der Waals surface area contributed by atoms with Gasteiger partial charge in [-0.2, -0.15) is 5.10 Å². The van der Waals surface area contributed by atoms with Gasteiger partial charge in [-0.05, 0) is 39.0 Å². The zero-order valence-electron chi connectivity index (χ0n) is 11.3. The van der Waals surface area contributed by atoms with E-state index in [0.717, 1.165) is 0 Å². The van der Waals surface area contributed by atoms with Gasteiger partial charge in [0.25, 0.3) is 0 Å². The highest BCUT2D eigenvalue weighted by molar-refractivity contribution is 6.36. The molecule has 0 saturated heterocycles. The molecule has 0 fully saturated rings. The lowest BCUT2D eigenvalue weighted by Gasteiger charge is -2.18. The number of carboxylic acids is 1. The first-order chi connectivity index (χ1) is 9.20. The highest BCUT2D eigenvalue weighted by atomic mass is 35.5. The van der Waals surface area contributed by atoms with Crippen LogP contribution in [0.4, 0.5) is 0 Å². The van der Waals surface area contributed by atoms with Crippen LogP contribution < -0.4 is 0 Å². The number of aromatic nitrogens is 2. The smallest absolute Gasteiger partial charge is 0.339 e. The zero-order chi connectivity index (χ0) is 15.1. The second kappa shape index (κ2) is 5.11. The Hall–Kier alpha value is -1.52. The minimum absolute atomic E-state index is 0.115. The standard InChI is InChI=1S/C14H14Cl2N2O2/c1-14(2,3)18-7-10(13(19)20)12(17-18)9-5-4-8(15)6-11(9)16/h4-7H,1-3H3,(H,19,20). The van der Waals surface area contributed by atoms with E-state index in [9.17, 15) is 9.90 Å². The summed E-state index contributed by atoms with van der Waals surface area (Å²) in [7, 11) is 0. The van der Waals surface area contributed by atoms with Crippen molar-refractivity contribution < 1.29 is 9.90 Å². The largest absolute Gasteiger partial charge is 0.478 e. The molecule has 1 N–H and O–H groups in total. The molecule has 0 radical (unpaired) electrons. The van der Waals surface area contributed by atoms with Crippen LogP contribution in [-0.2, 0) is 5.54 Å². The Bertz CT molecular complexity index is 672. The van der Waals surface area contributed by atoms with Gasteiger partial charge in [0.15, 0.2) is 0 Å². The van der Waals surface area contributed by atoms with Crippen LogP contribution in [0.3, 0.4) is 0 Å². The van der Waals surface area contributed by atoms with E-state index in [4.69, 9.17) is 23.2 Å². The average Bonchev–Trinajstić information content (AvgIpc) is 2.73. The fraction of sp³-hybridized carbons (Fsp3) is 0.286. The third-order valence-electron chi connectivity index (χ3n) is 2.82. The summed E-state index contributed by atoms with van der Waals surface area (Å²) < 4.78 is 1.62. The number of halogens is 2. The fourth-order valence-electron chi connectivity index (χ4n) is 1.75. The van der Waals surface area contributed by atoms with Crippen molar-refractivity contribution in [1.82, 2.24) is 9.78 Å². The summed E-state index contributed by atoms with van der Waals surface area (Å²) in [6, 6.07) is 4.90. The number of rotatable bonds is 2. The Balaban J connectivity index is 2.66. The Morgan fingerprint density at radius 3 is 2.45 bits per heavy atom. The molecule has 2 rings (SSSR count). The lowest BCUT2D eigenvalue weighted by molar-refractivity contribution is 0.0697. The number of aromatic carboxylic acids is 1. The topological polar surface area (TPSA) is 55.1 Å². The maximum atomic E-state index is 11.4. The summed E-state index contributed by atoms with van der Waals surface area (Å²) in [5.41, 5.74) is 0.691. The summed E-state index contributed by atoms with van der Waals surface area (Å²) in [6.45, 7) is 5.83. The molecular formula is C14H14Cl2N2O2. The maximum absolute atomic E-state index is 11.4. The van der Waals surface area contributed by atoms with Crippen LogP contribution in [0, 0.1) is 0 Å². The van der Waals surface area contributed by atoms with Crippen molar-refractivity contribution in [2.24, 2.45) is 0 Å². The predicted octanol–water partition coefficient (Wildman–Crippen LogP) is 4.31. The van der Waals surface area contributed by atoms with Crippen molar-refractivity contribution in [1.29, 1.82) is 0 Å². The number of benzene rings is 1. The van der Waals surface area contributed by atoms with Crippen molar-refractivity contribution >= 4 is 29.2 Å². The third-order valence-corrected chi connectivity index (χ3v) is 3.37. The van der Waals surface area contributed by atoms with Crippen LogP contribution in [0.1, 0.15) is 31.1 Å². The molecule has 0 spiro atoms. The molecule has 0 aliphatic rings. The van der Waals surface area contributed by atoms with Gasteiger partial charge in [-0.15, -0.1) is 0 Å². The predicted molar refractivity (Wildman–Crippen MR) is 79.6 cm³/mol. The molecule has 1 aromatic heterocycles. The molecule has 0 aliphatic heterocycles. The maximum Gasteiger partial charge on any atom is 0.339 e. The number of nitrogens with zero attached hydrogens (tertiary/aromatic N) is 2. The van der Waals surface area contributed by atoms with Crippen LogP contribution in [0.5, 0.6) is 0 Å². The molecule has 6 heteroatoms. The van der Waals surface area contributed by atoms with Gasteiger partial charge >= 0.3 is 5.97 Å². The van der Waals surface area contributed by atoms with E-state index < -0.39 is 5.97 Å². The first-order valence-corrected chi connectivity index (χ1v) is 6.74. The van der Waals surface area contributed by atoms with Crippen LogP contribution in [0.15, 0.2) is 24.4 Å². The Morgan fingerprint density at radius 2 is 1.95 bits per heavy atom. The van der Waals surface area contributed by atoms with E-state index in [2.05, 4.69) is 5.10 Å². The lowest BCUT2D eigenvalue weighted by atomic mass is 10.1. The SMILES string of the molecule is CC(C)(C)n1cc(C(=O)O)c(-c2ccc(Cl)cc2Cl)n1. The Labute approximate surface area is 126 Å². The van der Waals surface area contributed by atoms with Crippen LogP contribution in [0.2, 0.25) is 10.0 Å². The van der Waals surface area contributed by atoms with Gasteiger partial charge in [0.1, 0.15) is 11.3 Å². The fourth-order valence-corrected chi connectivity index (χ4v) is 2.25. The first kappa shape index (κ1) is 14.9. The van der Waals surface area contributed by atoms with Crippen molar-refractivity contribution in [3.8, 4) is 11.3 Å². The summed E-state index contributed by atoms with van der Waals surface area (Å²) in [4.78, 5) is 11.4. The van der Waals surface area contributed by atoms with Crippen LogP contribution in [-0.4, -0.2) is 20.9 Å².